The van der Waals surface area contributed by atoms with E-state index in [9.17, 15) is 4.79 Å². The number of esters is 1. The number of nitrogens with one attached hydrogen (secondary N) is 2. The maximum atomic E-state index is 11.6. The molecule has 0 amide bonds. The zero-order valence-corrected chi connectivity index (χ0v) is 15.3. The van der Waals surface area contributed by atoms with Gasteiger partial charge < -0.3 is 19.8 Å². The van der Waals surface area contributed by atoms with Crippen molar-refractivity contribution in [2.24, 2.45) is 4.99 Å². The van der Waals surface area contributed by atoms with Crippen molar-refractivity contribution in [1.29, 1.82) is 0 Å². The van der Waals surface area contributed by atoms with Gasteiger partial charge >= 0.3 is 5.97 Å². The lowest BCUT2D eigenvalue weighted by molar-refractivity contribution is -0.153. The second-order valence-electron chi connectivity index (χ2n) is 5.27. The van der Waals surface area contributed by atoms with Crippen LogP contribution in [0.3, 0.4) is 0 Å². The minimum Gasteiger partial charge on any atom is -0.469 e. The first-order chi connectivity index (χ1) is 9.40. The molecule has 0 aliphatic rings. The van der Waals surface area contributed by atoms with Crippen LogP contribution in [-0.2, 0) is 16.0 Å². The van der Waals surface area contributed by atoms with E-state index in [1.54, 1.807) is 13.3 Å². The van der Waals surface area contributed by atoms with Crippen LogP contribution in [0.2, 0.25) is 0 Å². The van der Waals surface area contributed by atoms with Gasteiger partial charge in [0.1, 0.15) is 17.9 Å². The average molecular weight is 409 g/mol. The summed E-state index contributed by atoms with van der Waals surface area (Å²) in [6.07, 6.45) is 2.39. The number of halogens is 1. The Morgan fingerprint density at radius 1 is 1.38 bits per heavy atom. The molecule has 0 aliphatic carbocycles. The zero-order chi connectivity index (χ0) is 15.0. The second-order valence-corrected chi connectivity index (χ2v) is 5.27. The Labute approximate surface area is 142 Å². The van der Waals surface area contributed by atoms with Gasteiger partial charge in [-0.25, -0.2) is 0 Å². The number of nitrogens with zero attached hydrogens (tertiary/aromatic N) is 1. The standard InChI is InChI=1S/C14H23N3O3.HI/c1-14(2,3)20-12(18)10-17-13(15-4)16-8-7-11-6-5-9-19-11;/h5-6,9H,7-8,10H2,1-4H3,(H2,15,16,17);1H. The first-order valence-corrected chi connectivity index (χ1v) is 6.59. The Kier molecular flexibility index (Phi) is 9.07. The Hall–Kier alpha value is -1.25. The smallest absolute Gasteiger partial charge is 0.325 e. The van der Waals surface area contributed by atoms with Gasteiger partial charge in [0.05, 0.1) is 6.26 Å². The highest BCUT2D eigenvalue weighted by molar-refractivity contribution is 14.0. The van der Waals surface area contributed by atoms with E-state index in [4.69, 9.17) is 9.15 Å². The third kappa shape index (κ3) is 9.33. The summed E-state index contributed by atoms with van der Waals surface area (Å²) in [4.78, 5) is 15.6. The van der Waals surface area contributed by atoms with Crippen LogP contribution < -0.4 is 10.6 Å². The first kappa shape index (κ1) is 19.8. The van der Waals surface area contributed by atoms with Gasteiger partial charge in [-0.3, -0.25) is 9.79 Å². The number of furan rings is 1. The molecular formula is C14H24IN3O3. The minimum atomic E-state index is -0.477. The Balaban J connectivity index is 0.00000400. The predicted octanol–water partition coefficient (Wildman–Crippen LogP) is 1.95. The number of carbonyl (C=O) groups is 1. The maximum absolute atomic E-state index is 11.6. The number of ether oxygens (including phenoxy) is 1. The summed E-state index contributed by atoms with van der Waals surface area (Å²) >= 11 is 0. The van der Waals surface area contributed by atoms with Crippen molar-refractivity contribution in [3.63, 3.8) is 0 Å². The van der Waals surface area contributed by atoms with Crippen LogP contribution in [0.4, 0.5) is 0 Å². The van der Waals surface area contributed by atoms with E-state index in [1.807, 2.05) is 32.9 Å². The van der Waals surface area contributed by atoms with E-state index in [-0.39, 0.29) is 36.5 Å². The molecule has 0 aromatic carbocycles. The summed E-state index contributed by atoms with van der Waals surface area (Å²) < 4.78 is 10.4. The van der Waals surface area contributed by atoms with Gasteiger partial charge in [0.25, 0.3) is 0 Å². The number of hydrogen-bond acceptors (Lipinski definition) is 4. The number of carbonyl (C=O) groups excluding carboxylic acids is 1. The van der Waals surface area contributed by atoms with E-state index in [0.29, 0.717) is 12.5 Å². The molecule has 0 radical (unpaired) electrons. The van der Waals surface area contributed by atoms with Gasteiger partial charge in [0, 0.05) is 20.0 Å². The molecule has 0 saturated heterocycles. The number of aliphatic imine (C=N–C) groups is 1. The summed E-state index contributed by atoms with van der Waals surface area (Å²) in [5.41, 5.74) is -0.477. The van der Waals surface area contributed by atoms with Gasteiger partial charge in [-0.05, 0) is 32.9 Å². The molecule has 0 fully saturated rings. The molecule has 0 aliphatic heterocycles. The maximum Gasteiger partial charge on any atom is 0.325 e. The van der Waals surface area contributed by atoms with Crippen LogP contribution in [0.25, 0.3) is 0 Å². The van der Waals surface area contributed by atoms with Gasteiger partial charge in [-0.2, -0.15) is 0 Å². The van der Waals surface area contributed by atoms with Gasteiger partial charge in [-0.15, -0.1) is 24.0 Å². The Bertz CT molecular complexity index is 439. The minimum absolute atomic E-state index is 0. The summed E-state index contributed by atoms with van der Waals surface area (Å²) in [6.45, 7) is 6.25. The van der Waals surface area contributed by atoms with Crippen LogP contribution in [0.1, 0.15) is 26.5 Å². The molecule has 1 heterocycles. The summed E-state index contributed by atoms with van der Waals surface area (Å²) in [5, 5.41) is 6.00. The third-order valence-corrected chi connectivity index (χ3v) is 2.29. The molecule has 21 heavy (non-hydrogen) atoms. The van der Waals surface area contributed by atoms with E-state index < -0.39 is 5.60 Å². The molecular weight excluding hydrogens is 385 g/mol. The van der Waals surface area contributed by atoms with E-state index in [2.05, 4.69) is 15.6 Å². The zero-order valence-electron chi connectivity index (χ0n) is 12.9. The van der Waals surface area contributed by atoms with E-state index >= 15 is 0 Å². The van der Waals surface area contributed by atoms with Crippen molar-refractivity contribution in [3.05, 3.63) is 24.2 Å². The molecule has 6 nitrogen and oxygen atoms in total. The van der Waals surface area contributed by atoms with Crippen LogP contribution in [0, 0.1) is 0 Å². The van der Waals surface area contributed by atoms with E-state index in [0.717, 1.165) is 12.2 Å². The largest absolute Gasteiger partial charge is 0.469 e. The van der Waals surface area contributed by atoms with Crippen LogP contribution >= 0.6 is 24.0 Å². The molecule has 0 unspecified atom stereocenters. The van der Waals surface area contributed by atoms with Gasteiger partial charge in [0.2, 0.25) is 0 Å². The predicted molar refractivity (Wildman–Crippen MR) is 93.0 cm³/mol. The second kappa shape index (κ2) is 9.64. The third-order valence-electron chi connectivity index (χ3n) is 2.29. The van der Waals surface area contributed by atoms with Crippen molar-refractivity contribution in [2.45, 2.75) is 32.8 Å². The fraction of sp³-hybridized carbons (Fsp3) is 0.571. The van der Waals surface area contributed by atoms with Crippen LogP contribution in [0.15, 0.2) is 27.8 Å². The molecule has 0 bridgehead atoms. The lowest BCUT2D eigenvalue weighted by Crippen LogP contribution is -2.42. The molecule has 1 aromatic heterocycles. The summed E-state index contributed by atoms with van der Waals surface area (Å²) in [7, 11) is 1.65. The highest BCUT2D eigenvalue weighted by Crippen LogP contribution is 2.06. The average Bonchev–Trinajstić information content (AvgIpc) is 2.84. The van der Waals surface area contributed by atoms with Gasteiger partial charge in [-0.1, -0.05) is 0 Å². The van der Waals surface area contributed by atoms with Crippen molar-refractivity contribution in [3.8, 4) is 0 Å². The molecule has 120 valence electrons. The van der Waals surface area contributed by atoms with Crippen LogP contribution in [-0.4, -0.2) is 37.7 Å². The lowest BCUT2D eigenvalue weighted by Gasteiger charge is -2.20. The van der Waals surface area contributed by atoms with Crippen molar-refractivity contribution < 1.29 is 13.9 Å². The fourth-order valence-electron chi connectivity index (χ4n) is 1.51. The van der Waals surface area contributed by atoms with Crippen molar-refractivity contribution >= 4 is 35.9 Å². The van der Waals surface area contributed by atoms with Crippen molar-refractivity contribution in [1.82, 2.24) is 10.6 Å². The fourth-order valence-corrected chi connectivity index (χ4v) is 1.51. The molecule has 7 heteroatoms. The van der Waals surface area contributed by atoms with Crippen LogP contribution in [0.5, 0.6) is 0 Å². The molecule has 2 N–H and O–H groups in total. The first-order valence-electron chi connectivity index (χ1n) is 6.59. The number of hydrogen-bond donors (Lipinski definition) is 2. The van der Waals surface area contributed by atoms with Crippen molar-refractivity contribution in [2.75, 3.05) is 20.1 Å². The van der Waals surface area contributed by atoms with E-state index in [1.165, 1.54) is 0 Å². The number of guanidine groups is 1. The monoisotopic (exact) mass is 409 g/mol. The SMILES string of the molecule is CN=C(NCCc1ccco1)NCC(=O)OC(C)(C)C.I. The van der Waals surface area contributed by atoms with Gasteiger partial charge in [0.15, 0.2) is 5.96 Å². The summed E-state index contributed by atoms with van der Waals surface area (Å²) in [5.74, 6) is 1.15. The summed E-state index contributed by atoms with van der Waals surface area (Å²) in [6, 6.07) is 3.77. The topological polar surface area (TPSA) is 75.9 Å². The Morgan fingerprint density at radius 3 is 2.62 bits per heavy atom. The highest BCUT2D eigenvalue weighted by atomic mass is 127. The molecule has 0 spiro atoms. The molecule has 1 rings (SSSR count). The molecule has 0 saturated carbocycles. The lowest BCUT2D eigenvalue weighted by atomic mass is 10.2. The normalized spacial score (nSPS) is 11.5. The molecule has 0 atom stereocenters. The highest BCUT2D eigenvalue weighted by Gasteiger charge is 2.16. The number of rotatable bonds is 5. The quantitative estimate of drug-likeness (QED) is 0.337. The Morgan fingerprint density at radius 2 is 2.10 bits per heavy atom. The molecule has 1 aromatic rings.